The first-order valence-electron chi connectivity index (χ1n) is 9.93. The Morgan fingerprint density at radius 3 is 2.38 bits per heavy atom. The van der Waals surface area contributed by atoms with E-state index in [1.807, 2.05) is 24.3 Å². The van der Waals surface area contributed by atoms with Crippen LogP contribution in [0.15, 0.2) is 53.4 Å². The molecule has 0 aromatic heterocycles. The first-order valence-corrected chi connectivity index (χ1v) is 11.4. The van der Waals surface area contributed by atoms with E-state index >= 15 is 0 Å². The Bertz CT molecular complexity index is 934. The Hall–Kier alpha value is -2.22. The Morgan fingerprint density at radius 1 is 1.07 bits per heavy atom. The van der Waals surface area contributed by atoms with Crippen LogP contribution in [0.3, 0.4) is 0 Å². The van der Waals surface area contributed by atoms with Crippen LogP contribution in [0.4, 0.5) is 5.69 Å². The van der Waals surface area contributed by atoms with Gasteiger partial charge in [-0.3, -0.25) is 4.79 Å². The molecule has 1 heterocycles. The normalized spacial score (nSPS) is 15.4. The van der Waals surface area contributed by atoms with E-state index in [0.717, 1.165) is 16.8 Å². The summed E-state index contributed by atoms with van der Waals surface area (Å²) in [5.41, 5.74) is 2.89. The third kappa shape index (κ3) is 5.44. The summed E-state index contributed by atoms with van der Waals surface area (Å²) in [5, 5.41) is 2.99. The number of carbonyl (C=O) groups is 1. The average molecular weight is 417 g/mol. The molecule has 1 fully saturated rings. The maximum atomic E-state index is 12.7. The Labute approximate surface area is 172 Å². The summed E-state index contributed by atoms with van der Waals surface area (Å²) in [7, 11) is -3.49. The number of benzene rings is 2. The van der Waals surface area contributed by atoms with E-state index in [9.17, 15) is 13.2 Å². The highest BCUT2D eigenvalue weighted by molar-refractivity contribution is 7.89. The Kier molecular flexibility index (Phi) is 7.05. The second-order valence-corrected chi connectivity index (χ2v) is 9.39. The van der Waals surface area contributed by atoms with Crippen molar-refractivity contribution in [2.45, 2.75) is 37.5 Å². The summed E-state index contributed by atoms with van der Waals surface area (Å²) >= 11 is 0. The largest absolute Gasteiger partial charge is 0.379 e. The SMILES string of the molecule is CC(C)c1ccccc1NC(=O)CCc1ccc(S(=O)(=O)N2CCOCC2)cc1. The number of morpholine rings is 1. The number of anilines is 1. The quantitative estimate of drug-likeness (QED) is 0.751. The maximum Gasteiger partial charge on any atom is 0.243 e. The summed E-state index contributed by atoms with van der Waals surface area (Å²) < 4.78 is 32.0. The molecule has 1 N–H and O–H groups in total. The van der Waals surface area contributed by atoms with Crippen molar-refractivity contribution in [3.8, 4) is 0 Å². The van der Waals surface area contributed by atoms with Crippen molar-refractivity contribution in [1.29, 1.82) is 0 Å². The summed E-state index contributed by atoms with van der Waals surface area (Å²) in [6.45, 7) is 5.79. The van der Waals surface area contributed by atoms with Crippen LogP contribution in [-0.4, -0.2) is 44.9 Å². The van der Waals surface area contributed by atoms with Crippen molar-refractivity contribution in [3.05, 3.63) is 59.7 Å². The predicted octanol–water partition coefficient (Wildman–Crippen LogP) is 3.40. The minimum Gasteiger partial charge on any atom is -0.379 e. The van der Waals surface area contributed by atoms with Crippen LogP contribution in [0, 0.1) is 0 Å². The van der Waals surface area contributed by atoms with Gasteiger partial charge in [-0.05, 0) is 41.7 Å². The van der Waals surface area contributed by atoms with Gasteiger partial charge in [0.1, 0.15) is 0 Å². The van der Waals surface area contributed by atoms with Crippen LogP contribution in [0.25, 0.3) is 0 Å². The summed E-state index contributed by atoms with van der Waals surface area (Å²) in [4.78, 5) is 12.6. The lowest BCUT2D eigenvalue weighted by Gasteiger charge is -2.26. The van der Waals surface area contributed by atoms with E-state index in [4.69, 9.17) is 4.74 Å². The van der Waals surface area contributed by atoms with E-state index in [1.54, 1.807) is 24.3 Å². The standard InChI is InChI=1S/C22H28N2O4S/c1-17(2)20-5-3-4-6-21(20)23-22(25)12-9-18-7-10-19(11-8-18)29(26,27)24-13-15-28-16-14-24/h3-8,10-11,17H,9,12-16H2,1-2H3,(H,23,25). The molecule has 0 aliphatic carbocycles. The van der Waals surface area contributed by atoms with Crippen LogP contribution in [0.1, 0.15) is 37.3 Å². The molecule has 1 amide bonds. The number of rotatable bonds is 7. The molecule has 2 aromatic rings. The third-order valence-electron chi connectivity index (χ3n) is 5.03. The van der Waals surface area contributed by atoms with Gasteiger partial charge in [-0.1, -0.05) is 44.2 Å². The molecule has 1 saturated heterocycles. The lowest BCUT2D eigenvalue weighted by Crippen LogP contribution is -2.40. The molecule has 1 aliphatic heterocycles. The number of nitrogens with zero attached hydrogens (tertiary/aromatic N) is 1. The highest BCUT2D eigenvalue weighted by atomic mass is 32.2. The van der Waals surface area contributed by atoms with Gasteiger partial charge in [0.2, 0.25) is 15.9 Å². The molecule has 0 radical (unpaired) electrons. The van der Waals surface area contributed by atoms with Crippen LogP contribution >= 0.6 is 0 Å². The minimum absolute atomic E-state index is 0.0527. The number of sulfonamides is 1. The van der Waals surface area contributed by atoms with Crippen LogP contribution in [-0.2, 0) is 26.0 Å². The fourth-order valence-corrected chi connectivity index (χ4v) is 4.76. The number of para-hydroxylation sites is 1. The molecule has 0 atom stereocenters. The number of carbonyl (C=O) groups excluding carboxylic acids is 1. The van der Waals surface area contributed by atoms with Crippen LogP contribution < -0.4 is 5.32 Å². The molecular weight excluding hydrogens is 388 g/mol. The fourth-order valence-electron chi connectivity index (χ4n) is 3.35. The lowest BCUT2D eigenvalue weighted by atomic mass is 10.0. The topological polar surface area (TPSA) is 75.7 Å². The molecule has 29 heavy (non-hydrogen) atoms. The molecule has 0 unspecified atom stereocenters. The van der Waals surface area contributed by atoms with Crippen molar-refractivity contribution in [1.82, 2.24) is 4.31 Å². The van der Waals surface area contributed by atoms with E-state index in [0.29, 0.717) is 45.1 Å². The van der Waals surface area contributed by atoms with Gasteiger partial charge in [0.15, 0.2) is 0 Å². The number of ether oxygens (including phenoxy) is 1. The highest BCUT2D eigenvalue weighted by Gasteiger charge is 2.26. The van der Waals surface area contributed by atoms with Crippen molar-refractivity contribution in [3.63, 3.8) is 0 Å². The van der Waals surface area contributed by atoms with Crippen molar-refractivity contribution >= 4 is 21.6 Å². The smallest absolute Gasteiger partial charge is 0.243 e. The van der Waals surface area contributed by atoms with Gasteiger partial charge >= 0.3 is 0 Å². The predicted molar refractivity (Wildman–Crippen MR) is 114 cm³/mol. The molecular formula is C22H28N2O4S. The molecule has 2 aromatic carbocycles. The fraction of sp³-hybridized carbons (Fsp3) is 0.409. The Morgan fingerprint density at radius 2 is 1.72 bits per heavy atom. The number of aryl methyl sites for hydroxylation is 1. The van der Waals surface area contributed by atoms with Gasteiger partial charge in [-0.25, -0.2) is 8.42 Å². The van der Waals surface area contributed by atoms with E-state index in [1.165, 1.54) is 4.31 Å². The zero-order chi connectivity index (χ0) is 20.9. The third-order valence-corrected chi connectivity index (χ3v) is 6.94. The minimum atomic E-state index is -3.49. The molecule has 0 spiro atoms. The number of hydrogen-bond donors (Lipinski definition) is 1. The van der Waals surface area contributed by atoms with Gasteiger partial charge in [0.05, 0.1) is 18.1 Å². The molecule has 3 rings (SSSR count). The van der Waals surface area contributed by atoms with Gasteiger partial charge < -0.3 is 10.1 Å². The van der Waals surface area contributed by atoms with Gasteiger partial charge in [0.25, 0.3) is 0 Å². The second-order valence-electron chi connectivity index (χ2n) is 7.45. The lowest BCUT2D eigenvalue weighted by molar-refractivity contribution is -0.116. The van der Waals surface area contributed by atoms with Gasteiger partial charge in [0, 0.05) is 25.2 Å². The summed E-state index contributed by atoms with van der Waals surface area (Å²) in [6.07, 6.45) is 0.884. The summed E-state index contributed by atoms with van der Waals surface area (Å²) in [6, 6.07) is 14.6. The zero-order valence-corrected chi connectivity index (χ0v) is 17.7. The number of nitrogens with one attached hydrogen (secondary N) is 1. The van der Waals surface area contributed by atoms with Gasteiger partial charge in [-0.15, -0.1) is 0 Å². The molecule has 156 valence electrons. The molecule has 0 saturated carbocycles. The van der Waals surface area contributed by atoms with Crippen molar-refractivity contribution < 1.29 is 17.9 Å². The number of amides is 1. The first kappa shape index (κ1) is 21.5. The zero-order valence-electron chi connectivity index (χ0n) is 16.9. The van der Waals surface area contributed by atoms with Crippen molar-refractivity contribution in [2.24, 2.45) is 0 Å². The van der Waals surface area contributed by atoms with Crippen molar-refractivity contribution in [2.75, 3.05) is 31.6 Å². The molecule has 1 aliphatic rings. The van der Waals surface area contributed by atoms with E-state index in [-0.39, 0.29) is 10.8 Å². The maximum absolute atomic E-state index is 12.7. The van der Waals surface area contributed by atoms with Gasteiger partial charge in [-0.2, -0.15) is 4.31 Å². The average Bonchev–Trinajstić information content (AvgIpc) is 2.73. The second kappa shape index (κ2) is 9.52. The Balaban J connectivity index is 1.58. The number of hydrogen-bond acceptors (Lipinski definition) is 4. The first-order chi connectivity index (χ1) is 13.9. The van der Waals surface area contributed by atoms with E-state index < -0.39 is 10.0 Å². The van der Waals surface area contributed by atoms with Crippen LogP contribution in [0.5, 0.6) is 0 Å². The monoisotopic (exact) mass is 416 g/mol. The molecule has 0 bridgehead atoms. The highest BCUT2D eigenvalue weighted by Crippen LogP contribution is 2.24. The molecule has 7 heteroatoms. The summed E-state index contributed by atoms with van der Waals surface area (Å²) in [5.74, 6) is 0.274. The molecule has 6 nitrogen and oxygen atoms in total. The van der Waals surface area contributed by atoms with E-state index in [2.05, 4.69) is 19.2 Å². The van der Waals surface area contributed by atoms with Crippen LogP contribution in [0.2, 0.25) is 0 Å².